The van der Waals surface area contributed by atoms with E-state index < -0.39 is 17.8 Å². The predicted octanol–water partition coefficient (Wildman–Crippen LogP) is 2.17. The summed E-state index contributed by atoms with van der Waals surface area (Å²) in [5, 5.41) is 16.8. The summed E-state index contributed by atoms with van der Waals surface area (Å²) in [5.41, 5.74) is 1.59. The number of Topliss-reactive ketones (excluding diaryl/α,β-unsaturated/α-hetero) is 1. The van der Waals surface area contributed by atoms with E-state index in [4.69, 9.17) is 4.74 Å². The van der Waals surface area contributed by atoms with Gasteiger partial charge in [0.15, 0.2) is 12.1 Å². The maximum Gasteiger partial charge on any atom is 0.246 e. The number of nitrogens with zero attached hydrogens (tertiary/aromatic N) is 4. The molecular formula is C32H43FN6O3. The minimum absolute atomic E-state index is 0.00965. The molecule has 6 rings (SSSR count). The fraction of sp³-hybridized carbons (Fsp3) is 0.656. The molecule has 0 radical (unpaired) electrons. The molecule has 1 saturated carbocycles. The Morgan fingerprint density at radius 3 is 2.83 bits per heavy atom. The van der Waals surface area contributed by atoms with E-state index in [1.807, 2.05) is 6.07 Å². The number of nitrogens with one attached hydrogen (secondary N) is 2. The number of fused-ring (bicyclic) bond motifs is 2. The summed E-state index contributed by atoms with van der Waals surface area (Å²) in [6.45, 7) is 6.94. The maximum atomic E-state index is 14.5. The van der Waals surface area contributed by atoms with Crippen molar-refractivity contribution in [3.8, 4) is 6.07 Å². The van der Waals surface area contributed by atoms with Crippen LogP contribution < -0.4 is 10.6 Å². The molecule has 3 aliphatic heterocycles. The highest BCUT2D eigenvalue weighted by atomic mass is 19.1. The number of hydrogen-bond acceptors (Lipinski definition) is 8. The van der Waals surface area contributed by atoms with Gasteiger partial charge in [0.05, 0.1) is 37.3 Å². The van der Waals surface area contributed by atoms with Gasteiger partial charge >= 0.3 is 0 Å². The van der Waals surface area contributed by atoms with Crippen molar-refractivity contribution in [1.29, 1.82) is 5.26 Å². The van der Waals surface area contributed by atoms with Gasteiger partial charge in [0.1, 0.15) is 5.82 Å². The standard InChI is InChI=1S/C32H43FN6O3/c1-3-27(40)39-16-15-38(19-24(39)10-13-34)30-26-9-12-32(11-8-21-6-7-23(33)17-22(21)18-32)29(41)28(26)35-31(36-30)42-20-25-5-4-14-37(25)2/h3,6-7,17,24-26,28,30-31,35-36H,1,4-5,8-12,14-16,18-20H2,2H3/t24?,25?,26?,28?,30?,31?,32-/m0/s1. The third-order valence-electron chi connectivity index (χ3n) is 10.6. The minimum atomic E-state index is -0.508. The van der Waals surface area contributed by atoms with Crippen LogP contribution in [-0.2, 0) is 27.2 Å². The number of ketones is 1. The molecule has 0 bridgehead atoms. The van der Waals surface area contributed by atoms with Crippen LogP contribution in [0.15, 0.2) is 30.9 Å². The van der Waals surface area contributed by atoms with Gasteiger partial charge in [0.2, 0.25) is 5.91 Å². The first-order chi connectivity index (χ1) is 20.3. The number of carbonyl (C=O) groups excluding carboxylic acids is 2. The Morgan fingerprint density at radius 1 is 1.21 bits per heavy atom. The molecule has 42 heavy (non-hydrogen) atoms. The van der Waals surface area contributed by atoms with E-state index in [9.17, 15) is 19.2 Å². The first kappa shape index (κ1) is 29.4. The number of rotatable bonds is 6. The van der Waals surface area contributed by atoms with Crippen molar-refractivity contribution in [2.45, 2.75) is 82.0 Å². The molecule has 7 atom stereocenters. The topological polar surface area (TPSA) is 101 Å². The van der Waals surface area contributed by atoms with Crippen LogP contribution in [0.2, 0.25) is 0 Å². The molecule has 10 heteroatoms. The molecule has 1 aromatic rings. The van der Waals surface area contributed by atoms with Crippen LogP contribution in [0.5, 0.6) is 0 Å². The van der Waals surface area contributed by atoms with Crippen LogP contribution in [0.1, 0.15) is 49.7 Å². The van der Waals surface area contributed by atoms with Gasteiger partial charge in [-0.15, -0.1) is 0 Å². The number of halogens is 1. The summed E-state index contributed by atoms with van der Waals surface area (Å²) in [5.74, 6) is -0.189. The van der Waals surface area contributed by atoms with E-state index in [0.717, 1.165) is 56.2 Å². The van der Waals surface area contributed by atoms with Gasteiger partial charge in [-0.1, -0.05) is 12.6 Å². The van der Waals surface area contributed by atoms with Gasteiger partial charge in [-0.05, 0) is 87.9 Å². The van der Waals surface area contributed by atoms with Gasteiger partial charge in [-0.3, -0.25) is 25.1 Å². The number of amides is 1. The lowest BCUT2D eigenvalue weighted by Gasteiger charge is -2.55. The van der Waals surface area contributed by atoms with Gasteiger partial charge in [-0.25, -0.2) is 4.39 Å². The molecule has 2 N–H and O–H groups in total. The zero-order valence-corrected chi connectivity index (χ0v) is 24.6. The summed E-state index contributed by atoms with van der Waals surface area (Å²) < 4.78 is 20.6. The van der Waals surface area contributed by atoms with Crippen molar-refractivity contribution in [1.82, 2.24) is 25.3 Å². The number of benzene rings is 1. The van der Waals surface area contributed by atoms with Crippen molar-refractivity contribution >= 4 is 11.7 Å². The second-order valence-corrected chi connectivity index (χ2v) is 12.9. The Morgan fingerprint density at radius 2 is 2.07 bits per heavy atom. The second-order valence-electron chi connectivity index (χ2n) is 12.9. The van der Waals surface area contributed by atoms with E-state index in [2.05, 4.69) is 40.1 Å². The third-order valence-corrected chi connectivity index (χ3v) is 10.6. The predicted molar refractivity (Wildman–Crippen MR) is 155 cm³/mol. The largest absolute Gasteiger partial charge is 0.348 e. The fourth-order valence-electron chi connectivity index (χ4n) is 8.23. The number of hydrogen-bond donors (Lipinski definition) is 2. The van der Waals surface area contributed by atoms with Crippen LogP contribution in [0.4, 0.5) is 4.39 Å². The second kappa shape index (κ2) is 12.1. The molecule has 6 unspecified atom stereocenters. The van der Waals surface area contributed by atoms with E-state index >= 15 is 0 Å². The normalized spacial score (nSPS) is 35.5. The number of likely N-dealkylation sites (tertiary alicyclic amines) is 1. The molecule has 5 aliphatic rings. The molecule has 1 amide bonds. The molecule has 1 aromatic carbocycles. The summed E-state index contributed by atoms with van der Waals surface area (Å²) in [7, 11) is 2.12. The first-order valence-electron chi connectivity index (χ1n) is 15.5. The zero-order chi connectivity index (χ0) is 29.4. The van der Waals surface area contributed by atoms with Crippen LogP contribution in [0.25, 0.3) is 0 Å². The highest BCUT2D eigenvalue weighted by molar-refractivity contribution is 5.91. The SMILES string of the molecule is C=CC(=O)N1CCN(C2NC(OCC3CCCN3C)NC3C(=O)[C@@]4(CCc5ccc(F)cc5C4)CCC32)CC1CC#N. The molecule has 2 aliphatic carbocycles. The first-order valence-corrected chi connectivity index (χ1v) is 15.5. The number of carbonyl (C=O) groups is 2. The van der Waals surface area contributed by atoms with Gasteiger partial charge in [-0.2, -0.15) is 5.26 Å². The van der Waals surface area contributed by atoms with Crippen LogP contribution >= 0.6 is 0 Å². The molecule has 1 spiro atoms. The highest BCUT2D eigenvalue weighted by Gasteiger charge is 2.55. The van der Waals surface area contributed by atoms with Gasteiger partial charge in [0.25, 0.3) is 0 Å². The van der Waals surface area contributed by atoms with Gasteiger partial charge < -0.3 is 14.5 Å². The van der Waals surface area contributed by atoms with Crippen molar-refractivity contribution in [2.75, 3.05) is 39.8 Å². The molecule has 0 aromatic heterocycles. The highest BCUT2D eigenvalue weighted by Crippen LogP contribution is 2.47. The smallest absolute Gasteiger partial charge is 0.246 e. The minimum Gasteiger partial charge on any atom is -0.348 e. The van der Waals surface area contributed by atoms with E-state index in [0.29, 0.717) is 38.7 Å². The Bertz CT molecular complexity index is 1250. The Hall–Kier alpha value is -2.68. The summed E-state index contributed by atoms with van der Waals surface area (Å²) in [6.07, 6.45) is 6.90. The van der Waals surface area contributed by atoms with Crippen molar-refractivity contribution in [3.63, 3.8) is 0 Å². The molecule has 9 nitrogen and oxygen atoms in total. The zero-order valence-electron chi connectivity index (χ0n) is 24.6. The van der Waals surface area contributed by atoms with E-state index in [1.54, 1.807) is 11.0 Å². The quantitative estimate of drug-likeness (QED) is 0.496. The average Bonchev–Trinajstić information content (AvgIpc) is 3.41. The van der Waals surface area contributed by atoms with Crippen molar-refractivity contribution < 1.29 is 18.7 Å². The molecule has 226 valence electrons. The van der Waals surface area contributed by atoms with E-state index in [1.165, 1.54) is 12.1 Å². The monoisotopic (exact) mass is 578 g/mol. The summed E-state index contributed by atoms with van der Waals surface area (Å²) in [6, 6.07) is 6.94. The molecule has 4 fully saturated rings. The Balaban J connectivity index is 1.24. The van der Waals surface area contributed by atoms with E-state index in [-0.39, 0.29) is 42.1 Å². The lowest BCUT2D eigenvalue weighted by atomic mass is 9.59. The van der Waals surface area contributed by atoms with Crippen LogP contribution in [0.3, 0.4) is 0 Å². The Kier molecular flexibility index (Phi) is 8.49. The number of aryl methyl sites for hydroxylation is 1. The van der Waals surface area contributed by atoms with Crippen molar-refractivity contribution in [3.05, 3.63) is 47.8 Å². The Labute approximate surface area is 248 Å². The summed E-state index contributed by atoms with van der Waals surface area (Å²) in [4.78, 5) is 33.4. The average molecular weight is 579 g/mol. The molecule has 3 heterocycles. The van der Waals surface area contributed by atoms with Crippen molar-refractivity contribution in [2.24, 2.45) is 11.3 Å². The lowest BCUT2D eigenvalue weighted by Crippen LogP contribution is -2.74. The van der Waals surface area contributed by atoms with Crippen LogP contribution in [-0.4, -0.2) is 96.9 Å². The van der Waals surface area contributed by atoms with Gasteiger partial charge in [0, 0.05) is 37.0 Å². The number of piperazine rings is 1. The number of ether oxygens (including phenoxy) is 1. The molecular weight excluding hydrogens is 535 g/mol. The maximum absolute atomic E-state index is 14.5. The fourth-order valence-corrected chi connectivity index (χ4v) is 8.23. The third kappa shape index (κ3) is 5.53. The number of nitriles is 1. The molecule has 3 saturated heterocycles. The number of likely N-dealkylation sites (N-methyl/N-ethyl adjacent to an activating group) is 1. The van der Waals surface area contributed by atoms with Crippen LogP contribution in [0, 0.1) is 28.5 Å². The lowest BCUT2D eigenvalue weighted by molar-refractivity contribution is -0.154. The summed E-state index contributed by atoms with van der Waals surface area (Å²) >= 11 is 0.